The first kappa shape index (κ1) is 34.5. The van der Waals surface area contributed by atoms with Crippen LogP contribution in [-0.4, -0.2) is 0 Å². The van der Waals surface area contributed by atoms with Gasteiger partial charge in [-0.3, -0.25) is 0 Å². The van der Waals surface area contributed by atoms with Gasteiger partial charge in [0, 0.05) is 40.4 Å². The van der Waals surface area contributed by atoms with Gasteiger partial charge in [0.25, 0.3) is 0 Å². The Bertz CT molecular complexity index is 3.25. The van der Waals surface area contributed by atoms with Gasteiger partial charge in [0.05, 0.1) is 0 Å². The Kier molecular flexibility index (Phi) is 163. The fourth-order valence-corrected chi connectivity index (χ4v) is 0. The maximum atomic E-state index is 0. The van der Waals surface area contributed by atoms with Gasteiger partial charge in [-0.1, -0.05) is 0 Å². The van der Waals surface area contributed by atoms with Crippen LogP contribution in [0, 0.1) is 40.4 Å². The predicted octanol–water partition coefficient (Wildman–Crippen LogP) is 1.27. The molecule has 0 saturated heterocycles. The monoisotopic (exact) mass is 260 g/mol. The molecule has 0 N–H and O–H groups in total. The average Bonchev–Trinajstić information content (AvgIpc) is 0. The summed E-state index contributed by atoms with van der Waals surface area (Å²) in [5, 5.41) is 0. The smallest absolute Gasteiger partial charge is 0 e. The molecule has 0 aromatic rings. The van der Waals surface area contributed by atoms with Crippen LogP contribution < -0.4 is 0 Å². The molecule has 0 rings (SSSR count). The molecule has 0 aliphatic rings. The van der Waals surface area contributed by atoms with Gasteiger partial charge in [-0.2, -0.15) is 0 Å². The van der Waals surface area contributed by atoms with Gasteiger partial charge in [-0.15, -0.1) is 37.2 Å². The normalized spacial score (nSPS) is 0. The summed E-state index contributed by atoms with van der Waals surface area (Å²) in [6.45, 7) is 0. The third kappa shape index (κ3) is 8.88. The van der Waals surface area contributed by atoms with E-state index in [1.807, 2.05) is 0 Å². The van der Waals surface area contributed by atoms with Crippen molar-refractivity contribution in [3.63, 3.8) is 0 Å². The molecule has 0 nitrogen and oxygen atoms in total. The summed E-state index contributed by atoms with van der Waals surface area (Å²) in [5.41, 5.74) is 0. The van der Waals surface area contributed by atoms with E-state index < -0.39 is 0 Å². The van der Waals surface area contributed by atoms with Crippen LogP contribution in [-0.2, 0) is 0 Å². The van der Waals surface area contributed by atoms with Crippen molar-refractivity contribution in [3.8, 4) is 0 Å². The minimum atomic E-state index is 0. The fraction of sp³-hybridized carbons (Fsp3) is 0. The zero-order chi connectivity index (χ0) is 0. The first-order chi connectivity index (χ1) is 0. The van der Waals surface area contributed by atoms with Crippen LogP contribution in [0.5, 0.6) is 0 Å². The Hall–Kier alpha value is 2.21. The third-order valence-electron chi connectivity index (χ3n) is 0. The second-order valence-corrected chi connectivity index (χ2v) is 0. The number of rotatable bonds is 0. The summed E-state index contributed by atoms with van der Waals surface area (Å²) < 4.78 is 0. The van der Waals surface area contributed by atoms with Gasteiger partial charge in [0.15, 0.2) is 0 Å². The van der Waals surface area contributed by atoms with Crippen molar-refractivity contribution in [2.45, 2.75) is 0 Å². The summed E-state index contributed by atoms with van der Waals surface area (Å²) in [7, 11) is 0. The van der Waals surface area contributed by atoms with Crippen LogP contribution in [0.4, 0.5) is 0 Å². The van der Waals surface area contributed by atoms with Gasteiger partial charge in [0.2, 0.25) is 0 Å². The van der Waals surface area contributed by atoms with Gasteiger partial charge in [0.1, 0.15) is 0 Å². The zero-order valence-electron chi connectivity index (χ0n) is 1.63. The Morgan fingerprint density at radius 3 is 0.500 bits per heavy atom. The van der Waals surface area contributed by atoms with Crippen molar-refractivity contribution in [3.05, 3.63) is 0 Å². The maximum absolute atomic E-state index is 0. The molecule has 0 bridgehead atoms. The minimum Gasteiger partial charge on any atom is -0.147 e. The summed E-state index contributed by atoms with van der Waals surface area (Å²) in [4.78, 5) is 0. The number of hydrogen-bond acceptors (Lipinski definition) is 0. The molecule has 0 aromatic carbocycles. The molecule has 0 radical (unpaired) electrons. The van der Waals surface area contributed by atoms with Crippen LogP contribution >= 0.6 is 37.2 Å². The third-order valence-corrected chi connectivity index (χ3v) is 0. The fourth-order valence-electron chi connectivity index (χ4n) is 0. The topological polar surface area (TPSA) is 0 Å². The Morgan fingerprint density at radius 1 is 0.500 bits per heavy atom. The molecule has 0 aromatic heterocycles. The maximum Gasteiger partial charge on any atom is 0 e. The van der Waals surface area contributed by atoms with E-state index in [-0.39, 0.29) is 77.6 Å². The molecule has 4 heteroatoms. The summed E-state index contributed by atoms with van der Waals surface area (Å²) in [6.07, 6.45) is 0. The van der Waals surface area contributed by atoms with Crippen LogP contribution in [0.3, 0.4) is 0 Å². The minimum absolute atomic E-state index is 0. The Morgan fingerprint density at radius 2 is 0.500 bits per heavy atom. The van der Waals surface area contributed by atoms with Crippen molar-refractivity contribution < 1.29 is 40.4 Å². The van der Waals surface area contributed by atoms with E-state index in [4.69, 9.17) is 0 Å². The molecule has 0 spiro atoms. The Balaban J connectivity index is 0. The molecule has 30 valence electrons. The molecule has 0 amide bonds. The second kappa shape index (κ2) is 18.9. The molecule has 0 unspecified atom stereocenters. The van der Waals surface area contributed by atoms with Gasteiger partial charge >= 0.3 is 0 Å². The molecular weight excluding hydrogens is 257 g/mol. The standard InChI is InChI=1S/3ClH.Sm/h3*1H;. The molecule has 0 fully saturated rings. The molecule has 0 atom stereocenters. The molecule has 0 aliphatic heterocycles. The van der Waals surface area contributed by atoms with E-state index in [0.29, 0.717) is 0 Å². The van der Waals surface area contributed by atoms with Crippen molar-refractivity contribution >= 4 is 37.2 Å². The largest absolute Gasteiger partial charge is 0.147 e. The molecule has 0 heterocycles. The summed E-state index contributed by atoms with van der Waals surface area (Å²) >= 11 is 0. The summed E-state index contributed by atoms with van der Waals surface area (Å²) in [5.74, 6) is 0. The Labute approximate surface area is 76.4 Å². The van der Waals surface area contributed by atoms with Crippen LogP contribution in [0.1, 0.15) is 0 Å². The molecule has 0 aliphatic carbocycles. The number of hydrogen-bond donors (Lipinski definition) is 0. The van der Waals surface area contributed by atoms with Crippen LogP contribution in [0.25, 0.3) is 0 Å². The second-order valence-electron chi connectivity index (χ2n) is 0. The van der Waals surface area contributed by atoms with Gasteiger partial charge < -0.3 is 0 Å². The van der Waals surface area contributed by atoms with Gasteiger partial charge in [-0.25, -0.2) is 0 Å². The van der Waals surface area contributed by atoms with Gasteiger partial charge in [-0.05, 0) is 0 Å². The van der Waals surface area contributed by atoms with Crippen molar-refractivity contribution in [1.29, 1.82) is 0 Å². The van der Waals surface area contributed by atoms with Crippen molar-refractivity contribution in [2.75, 3.05) is 0 Å². The molecular formula is H3Cl3Sm. The molecule has 0 saturated carbocycles. The van der Waals surface area contributed by atoms with E-state index in [0.717, 1.165) is 0 Å². The van der Waals surface area contributed by atoms with E-state index >= 15 is 0 Å². The van der Waals surface area contributed by atoms with Crippen LogP contribution in [0.15, 0.2) is 0 Å². The van der Waals surface area contributed by atoms with Crippen molar-refractivity contribution in [1.82, 2.24) is 0 Å². The average molecular weight is 260 g/mol. The van der Waals surface area contributed by atoms with Crippen LogP contribution in [0.2, 0.25) is 0 Å². The quantitative estimate of drug-likeness (QED) is 0.615. The van der Waals surface area contributed by atoms with E-state index in [1.54, 1.807) is 0 Å². The first-order valence-electron chi connectivity index (χ1n) is 0. The summed E-state index contributed by atoms with van der Waals surface area (Å²) in [6, 6.07) is 0. The predicted molar refractivity (Wildman–Crippen MR) is 21.7 cm³/mol. The zero-order valence-corrected chi connectivity index (χ0v) is 6.70. The first-order valence-corrected chi connectivity index (χ1v) is 0. The van der Waals surface area contributed by atoms with E-state index in [1.165, 1.54) is 0 Å². The number of halogens is 3. The van der Waals surface area contributed by atoms with E-state index in [2.05, 4.69) is 0 Å². The molecule has 4 heavy (non-hydrogen) atoms. The van der Waals surface area contributed by atoms with E-state index in [9.17, 15) is 0 Å². The van der Waals surface area contributed by atoms with Crippen molar-refractivity contribution in [2.24, 2.45) is 0 Å². The SMILES string of the molecule is Cl.Cl.Cl.[Sm].